The zero-order chi connectivity index (χ0) is 14.7. The smallest absolute Gasteiger partial charge is 0.323 e. The molecular weight excluding hydrogens is 280 g/mol. The summed E-state index contributed by atoms with van der Waals surface area (Å²) in [5, 5.41) is 8.67. The van der Waals surface area contributed by atoms with E-state index >= 15 is 0 Å². The second-order valence-corrected chi connectivity index (χ2v) is 5.40. The van der Waals surface area contributed by atoms with Gasteiger partial charge < -0.3 is 14.9 Å². The number of carbonyl (C=O) groups excluding carboxylic acids is 2. The van der Waals surface area contributed by atoms with Gasteiger partial charge in [0, 0.05) is 11.9 Å². The Morgan fingerprint density at radius 1 is 1.40 bits per heavy atom. The number of nitrogens with zero attached hydrogens (tertiary/aromatic N) is 2. The second kappa shape index (κ2) is 5.96. The van der Waals surface area contributed by atoms with Crippen LogP contribution in [0, 0.1) is 0 Å². The third kappa shape index (κ3) is 3.11. The van der Waals surface area contributed by atoms with Gasteiger partial charge in [0.15, 0.2) is 0 Å². The van der Waals surface area contributed by atoms with Crippen molar-refractivity contribution in [3.63, 3.8) is 0 Å². The lowest BCUT2D eigenvalue weighted by atomic mass is 10.2. The fourth-order valence-corrected chi connectivity index (χ4v) is 2.81. The highest BCUT2D eigenvalue weighted by Crippen LogP contribution is 2.34. The Balaban J connectivity index is 2.14. The van der Waals surface area contributed by atoms with Crippen molar-refractivity contribution in [1.82, 2.24) is 4.90 Å². The molecular formula is C13H14N2O4S. The van der Waals surface area contributed by atoms with Gasteiger partial charge in [0.2, 0.25) is 11.8 Å². The first-order chi connectivity index (χ1) is 9.49. The van der Waals surface area contributed by atoms with Crippen LogP contribution in [-0.2, 0) is 14.4 Å². The maximum atomic E-state index is 12.0. The van der Waals surface area contributed by atoms with E-state index in [0.717, 1.165) is 9.80 Å². The van der Waals surface area contributed by atoms with Gasteiger partial charge in [0.1, 0.15) is 13.1 Å². The zero-order valence-electron chi connectivity index (χ0n) is 10.9. The summed E-state index contributed by atoms with van der Waals surface area (Å²) in [6.07, 6.45) is 0. The van der Waals surface area contributed by atoms with E-state index in [1.807, 2.05) is 12.1 Å². The number of amides is 2. The van der Waals surface area contributed by atoms with Gasteiger partial charge in [-0.25, -0.2) is 0 Å². The van der Waals surface area contributed by atoms with E-state index in [9.17, 15) is 14.4 Å². The first kappa shape index (κ1) is 14.4. The van der Waals surface area contributed by atoms with Crippen LogP contribution in [0.5, 0.6) is 0 Å². The van der Waals surface area contributed by atoms with Crippen molar-refractivity contribution in [3.05, 3.63) is 24.3 Å². The highest BCUT2D eigenvalue weighted by Gasteiger charge is 2.27. The van der Waals surface area contributed by atoms with E-state index in [-0.39, 0.29) is 24.7 Å². The molecule has 20 heavy (non-hydrogen) atoms. The maximum Gasteiger partial charge on any atom is 0.323 e. The molecule has 0 unspecified atom stereocenters. The van der Waals surface area contributed by atoms with Gasteiger partial charge in [-0.15, -0.1) is 11.8 Å². The number of hydrogen-bond acceptors (Lipinski definition) is 4. The van der Waals surface area contributed by atoms with Gasteiger partial charge >= 0.3 is 5.97 Å². The number of benzene rings is 1. The minimum absolute atomic E-state index is 0.139. The number of fused-ring (bicyclic) bond motifs is 1. The van der Waals surface area contributed by atoms with Crippen molar-refractivity contribution in [3.8, 4) is 0 Å². The summed E-state index contributed by atoms with van der Waals surface area (Å²) in [7, 11) is 1.41. The molecule has 1 aromatic carbocycles. The minimum atomic E-state index is -1.08. The lowest BCUT2D eigenvalue weighted by Gasteiger charge is -2.29. The average Bonchev–Trinajstić information content (AvgIpc) is 2.41. The predicted octanol–water partition coefficient (Wildman–Crippen LogP) is 0.668. The van der Waals surface area contributed by atoms with Crippen molar-refractivity contribution in [1.29, 1.82) is 0 Å². The predicted molar refractivity (Wildman–Crippen MR) is 74.8 cm³/mol. The summed E-state index contributed by atoms with van der Waals surface area (Å²) >= 11 is 1.44. The van der Waals surface area contributed by atoms with Crippen LogP contribution in [0.4, 0.5) is 5.69 Å². The molecule has 0 bridgehead atoms. The minimum Gasteiger partial charge on any atom is -0.480 e. The largest absolute Gasteiger partial charge is 0.480 e. The van der Waals surface area contributed by atoms with Crippen molar-refractivity contribution >= 4 is 35.2 Å². The van der Waals surface area contributed by atoms with Crippen LogP contribution >= 0.6 is 11.8 Å². The summed E-state index contributed by atoms with van der Waals surface area (Å²) < 4.78 is 0. The summed E-state index contributed by atoms with van der Waals surface area (Å²) in [5.74, 6) is -1.34. The van der Waals surface area contributed by atoms with E-state index < -0.39 is 11.9 Å². The lowest BCUT2D eigenvalue weighted by Crippen LogP contribution is -2.45. The number of aliphatic carboxylic acids is 1. The molecule has 2 amide bonds. The van der Waals surface area contributed by atoms with Gasteiger partial charge in [0.05, 0.1) is 11.4 Å². The number of hydrogen-bond donors (Lipinski definition) is 1. The molecule has 0 spiro atoms. The van der Waals surface area contributed by atoms with Crippen LogP contribution in [0.1, 0.15) is 0 Å². The fraction of sp³-hybridized carbons (Fsp3) is 0.308. The molecule has 0 saturated heterocycles. The van der Waals surface area contributed by atoms with E-state index in [1.54, 1.807) is 12.1 Å². The van der Waals surface area contributed by atoms with E-state index in [0.29, 0.717) is 5.69 Å². The Labute approximate surface area is 120 Å². The summed E-state index contributed by atoms with van der Waals surface area (Å²) in [5.41, 5.74) is 0.700. The summed E-state index contributed by atoms with van der Waals surface area (Å²) in [6, 6.07) is 7.35. The number of carbonyl (C=O) groups is 3. The average molecular weight is 294 g/mol. The maximum absolute atomic E-state index is 12.0. The Hall–Kier alpha value is -2.02. The van der Waals surface area contributed by atoms with Gasteiger partial charge in [-0.3, -0.25) is 14.4 Å². The first-order valence-corrected chi connectivity index (χ1v) is 6.95. The SMILES string of the molecule is CN(CC(=O)O)C(=O)CN1C(=O)CSc2ccccc21. The Bertz CT molecular complexity index is 561. The third-order valence-corrected chi connectivity index (χ3v) is 3.95. The van der Waals surface area contributed by atoms with Crippen LogP contribution in [0.25, 0.3) is 0 Å². The van der Waals surface area contributed by atoms with Crippen LogP contribution < -0.4 is 4.90 Å². The molecule has 2 rings (SSSR count). The molecule has 1 N–H and O–H groups in total. The molecule has 1 aromatic rings. The summed E-state index contributed by atoms with van der Waals surface area (Å²) in [4.78, 5) is 38.0. The number of thioether (sulfide) groups is 1. The van der Waals surface area contributed by atoms with E-state index in [4.69, 9.17) is 5.11 Å². The zero-order valence-corrected chi connectivity index (χ0v) is 11.7. The molecule has 0 fully saturated rings. The van der Waals surface area contributed by atoms with Crippen LogP contribution in [0.15, 0.2) is 29.2 Å². The monoisotopic (exact) mass is 294 g/mol. The molecule has 0 saturated carbocycles. The first-order valence-electron chi connectivity index (χ1n) is 5.97. The van der Waals surface area contributed by atoms with Crippen LogP contribution in [0.3, 0.4) is 0 Å². The molecule has 1 heterocycles. The fourth-order valence-electron chi connectivity index (χ4n) is 1.87. The molecule has 1 aliphatic heterocycles. The summed E-state index contributed by atoms with van der Waals surface area (Å²) in [6.45, 7) is -0.516. The standard InChI is InChI=1S/C13H14N2O4S/c1-14(7-13(18)19)11(16)6-15-9-4-2-3-5-10(9)20-8-12(15)17/h2-5H,6-8H2,1H3,(H,18,19). The molecule has 0 atom stereocenters. The highest BCUT2D eigenvalue weighted by molar-refractivity contribution is 8.00. The highest BCUT2D eigenvalue weighted by atomic mass is 32.2. The number of likely N-dealkylation sites (N-methyl/N-ethyl adjacent to an activating group) is 1. The van der Waals surface area contributed by atoms with Crippen LogP contribution in [-0.4, -0.2) is 53.7 Å². The van der Waals surface area contributed by atoms with Crippen molar-refractivity contribution in [2.45, 2.75) is 4.90 Å². The van der Waals surface area contributed by atoms with Crippen LogP contribution in [0.2, 0.25) is 0 Å². The van der Waals surface area contributed by atoms with E-state index in [1.165, 1.54) is 23.7 Å². The number of carboxylic acids is 1. The topological polar surface area (TPSA) is 77.9 Å². The number of anilines is 1. The number of rotatable bonds is 4. The quantitative estimate of drug-likeness (QED) is 0.883. The number of carboxylic acid groups (broad SMARTS) is 1. The van der Waals surface area contributed by atoms with Gasteiger partial charge in [-0.1, -0.05) is 12.1 Å². The Kier molecular flexibility index (Phi) is 4.29. The van der Waals surface area contributed by atoms with Gasteiger partial charge in [-0.05, 0) is 12.1 Å². The Morgan fingerprint density at radius 3 is 2.80 bits per heavy atom. The van der Waals surface area contributed by atoms with E-state index in [2.05, 4.69) is 0 Å². The molecule has 0 aliphatic carbocycles. The molecule has 7 heteroatoms. The second-order valence-electron chi connectivity index (χ2n) is 4.38. The van der Waals surface area contributed by atoms with Crippen molar-refractivity contribution in [2.24, 2.45) is 0 Å². The van der Waals surface area contributed by atoms with Gasteiger partial charge in [-0.2, -0.15) is 0 Å². The molecule has 106 valence electrons. The van der Waals surface area contributed by atoms with Crippen molar-refractivity contribution in [2.75, 3.05) is 30.8 Å². The number of para-hydroxylation sites is 1. The third-order valence-electron chi connectivity index (χ3n) is 2.90. The lowest BCUT2D eigenvalue weighted by molar-refractivity contribution is -0.143. The Morgan fingerprint density at radius 2 is 2.10 bits per heavy atom. The van der Waals surface area contributed by atoms with Crippen molar-refractivity contribution < 1.29 is 19.5 Å². The molecule has 0 aromatic heterocycles. The van der Waals surface area contributed by atoms with Gasteiger partial charge in [0.25, 0.3) is 0 Å². The normalized spacial score (nSPS) is 13.8. The molecule has 1 aliphatic rings. The molecule has 6 nitrogen and oxygen atoms in total. The molecule has 0 radical (unpaired) electrons.